The minimum atomic E-state index is -5.17. The third-order valence-electron chi connectivity index (χ3n) is 5.53. The molecule has 2 unspecified atom stereocenters. The Hall–Kier alpha value is -3.16. The van der Waals surface area contributed by atoms with Crippen LogP contribution in [0.2, 0.25) is 0 Å². The van der Waals surface area contributed by atoms with Crippen molar-refractivity contribution < 1.29 is 32.3 Å². The minimum absolute atomic E-state index is 0.136. The fraction of sp³-hybridized carbons (Fsp3) is 0.467. The molecule has 0 fully saturated rings. The molecule has 12 heteroatoms. The Kier molecular flexibility index (Phi) is 19.1. The summed E-state index contributed by atoms with van der Waals surface area (Å²) < 4.78 is 39.7. The first-order valence-corrected chi connectivity index (χ1v) is 15.7. The Morgan fingerprint density at radius 3 is 2.17 bits per heavy atom. The number of H-pyrrole nitrogens is 1. The van der Waals surface area contributed by atoms with Crippen LogP contribution >= 0.6 is 22.6 Å². The lowest BCUT2D eigenvalue weighted by molar-refractivity contribution is -0.173. The number of ketones is 1. The average molecular weight is 707 g/mol. The molecular weight excluding hydrogens is 664 g/mol. The Morgan fingerprint density at radius 1 is 1.00 bits per heavy atom. The molecule has 1 aromatic carbocycles. The van der Waals surface area contributed by atoms with Gasteiger partial charge in [-0.05, 0) is 36.8 Å². The Morgan fingerprint density at radius 2 is 1.60 bits per heavy atom. The number of hydrogen-bond donors (Lipinski definition) is 4. The number of hydrogen-bond acceptors (Lipinski definition) is 4. The molecule has 0 radical (unpaired) electrons. The van der Waals surface area contributed by atoms with Crippen molar-refractivity contribution in [2.24, 2.45) is 0 Å². The third-order valence-corrected chi connectivity index (χ3v) is 5.53. The van der Waals surface area contributed by atoms with Crippen LogP contribution in [0.25, 0.3) is 10.9 Å². The van der Waals surface area contributed by atoms with Gasteiger partial charge in [0.15, 0.2) is 0 Å². The number of allylic oxidation sites excluding steroid dienone is 3. The van der Waals surface area contributed by atoms with Crippen LogP contribution in [0.1, 0.15) is 59.4 Å². The fourth-order valence-corrected chi connectivity index (χ4v) is 3.62. The highest BCUT2D eigenvalue weighted by atomic mass is 127. The zero-order valence-electron chi connectivity index (χ0n) is 25.0. The number of nitrogens with one attached hydrogen (secondary N) is 4. The molecule has 0 saturated heterocycles. The summed E-state index contributed by atoms with van der Waals surface area (Å²) in [5.41, 5.74) is 1.88. The number of para-hydroxylation sites is 1. The van der Waals surface area contributed by atoms with Crippen LogP contribution in [0, 0.1) is 0 Å². The SMILES string of the molecule is C/C=C\C=C(/C)CC(NC(=O)CC)C(=O)NCC(=O)NC(Cc1c[nH]c2ccccc12)C(=O)C(F)(F)F.CCC.CI. The van der Waals surface area contributed by atoms with Crippen molar-refractivity contribution in [1.82, 2.24) is 20.9 Å². The third kappa shape index (κ3) is 14.1. The smallest absolute Gasteiger partial charge is 0.361 e. The second-order valence-corrected chi connectivity index (χ2v) is 9.19. The predicted molar refractivity (Wildman–Crippen MR) is 169 cm³/mol. The molecular formula is C30H42F3IN4O4. The van der Waals surface area contributed by atoms with E-state index in [1.54, 1.807) is 56.3 Å². The van der Waals surface area contributed by atoms with Gasteiger partial charge in [0.05, 0.1) is 6.54 Å². The molecule has 8 nitrogen and oxygen atoms in total. The van der Waals surface area contributed by atoms with E-state index < -0.39 is 48.8 Å². The number of Topliss-reactive ketones (excluding diaryl/α,β-unsaturated/α-hetero) is 1. The number of aromatic nitrogens is 1. The van der Waals surface area contributed by atoms with E-state index in [9.17, 15) is 32.3 Å². The zero-order chi connectivity index (χ0) is 32.3. The lowest BCUT2D eigenvalue weighted by Gasteiger charge is -2.21. The van der Waals surface area contributed by atoms with Crippen molar-refractivity contribution in [2.45, 2.75) is 78.6 Å². The highest BCUT2D eigenvalue weighted by Crippen LogP contribution is 2.23. The lowest BCUT2D eigenvalue weighted by Crippen LogP contribution is -2.52. The number of rotatable bonds is 12. The number of aromatic amines is 1. The quantitative estimate of drug-likeness (QED) is 0.128. The lowest BCUT2D eigenvalue weighted by atomic mass is 10.0. The van der Waals surface area contributed by atoms with Gasteiger partial charge >= 0.3 is 6.18 Å². The number of amides is 3. The summed E-state index contributed by atoms with van der Waals surface area (Å²) in [7, 11) is 0. The monoisotopic (exact) mass is 706 g/mol. The molecule has 4 N–H and O–H groups in total. The number of fused-ring (bicyclic) bond motifs is 1. The first-order chi connectivity index (χ1) is 19.9. The maximum Gasteiger partial charge on any atom is 0.452 e. The highest BCUT2D eigenvalue weighted by molar-refractivity contribution is 14.1. The summed E-state index contributed by atoms with van der Waals surface area (Å²) in [5.74, 6) is -4.13. The van der Waals surface area contributed by atoms with Crippen LogP contribution in [0.15, 0.2) is 54.3 Å². The van der Waals surface area contributed by atoms with Gasteiger partial charge < -0.3 is 20.9 Å². The van der Waals surface area contributed by atoms with E-state index in [0.717, 1.165) is 5.57 Å². The van der Waals surface area contributed by atoms with Gasteiger partial charge in [-0.2, -0.15) is 13.2 Å². The number of alkyl halides is 4. The molecule has 0 aliphatic carbocycles. The molecule has 1 heterocycles. The molecule has 2 aromatic rings. The van der Waals surface area contributed by atoms with Gasteiger partial charge in [0, 0.05) is 29.9 Å². The van der Waals surface area contributed by atoms with Gasteiger partial charge in [-0.15, -0.1) is 0 Å². The van der Waals surface area contributed by atoms with Crippen molar-refractivity contribution in [3.05, 3.63) is 59.8 Å². The van der Waals surface area contributed by atoms with E-state index in [-0.39, 0.29) is 18.7 Å². The van der Waals surface area contributed by atoms with Crippen molar-refractivity contribution in [3.63, 3.8) is 0 Å². The molecule has 0 bridgehead atoms. The standard InChI is InChI=1S/C26H31F3N4O4.C3H8.CH3I/c1-4-6-9-16(3)12-21(33-22(34)5-2)25(37)31-15-23(35)32-20(24(36)26(27,28)29)13-17-14-30-19-11-8-7-10-18(17)19;1-3-2;1-2/h4,6-11,14,20-21,30H,5,12-13,15H2,1-3H3,(H,31,37)(H,32,35)(H,33,34);3H2,1-2H3;1H3/b6-4-,16-9+;;. The van der Waals surface area contributed by atoms with Crippen LogP contribution in [-0.2, 0) is 25.6 Å². The first-order valence-electron chi connectivity index (χ1n) is 13.6. The van der Waals surface area contributed by atoms with Crippen molar-refractivity contribution >= 4 is 57.0 Å². The number of carbonyl (C=O) groups excluding carboxylic acids is 4. The van der Waals surface area contributed by atoms with Gasteiger partial charge in [0.25, 0.3) is 5.78 Å². The van der Waals surface area contributed by atoms with Crippen molar-refractivity contribution in [3.8, 4) is 0 Å². The number of benzene rings is 1. The van der Waals surface area contributed by atoms with Crippen LogP contribution in [0.3, 0.4) is 0 Å². The molecule has 1 aromatic heterocycles. The number of halogens is 4. The van der Waals surface area contributed by atoms with Crippen LogP contribution < -0.4 is 16.0 Å². The summed E-state index contributed by atoms with van der Waals surface area (Å²) >= 11 is 2.15. The van der Waals surface area contributed by atoms with Crippen LogP contribution in [0.4, 0.5) is 13.2 Å². The first kappa shape index (κ1) is 38.8. The van der Waals surface area contributed by atoms with Gasteiger partial charge in [0.2, 0.25) is 17.7 Å². The van der Waals surface area contributed by atoms with E-state index in [0.29, 0.717) is 16.5 Å². The maximum absolute atomic E-state index is 13.2. The molecule has 3 amide bonds. The molecule has 0 aliphatic heterocycles. The number of carbonyl (C=O) groups is 4. The average Bonchev–Trinajstić information content (AvgIpc) is 3.37. The summed E-state index contributed by atoms with van der Waals surface area (Å²) in [5, 5.41) is 7.63. The van der Waals surface area contributed by atoms with Gasteiger partial charge in [0.1, 0.15) is 12.1 Å². The van der Waals surface area contributed by atoms with Crippen LogP contribution in [-0.4, -0.2) is 58.2 Å². The molecule has 42 heavy (non-hydrogen) atoms. The molecule has 2 rings (SSSR count). The molecule has 0 saturated carbocycles. The van der Waals surface area contributed by atoms with Gasteiger partial charge in [-0.25, -0.2) is 0 Å². The Bertz CT molecular complexity index is 1210. The molecule has 0 spiro atoms. The van der Waals surface area contributed by atoms with Crippen molar-refractivity contribution in [2.75, 3.05) is 11.5 Å². The summed E-state index contributed by atoms with van der Waals surface area (Å²) in [6.45, 7) is 8.78. The van der Waals surface area contributed by atoms with Gasteiger partial charge in [-0.3, -0.25) is 19.2 Å². The minimum Gasteiger partial charge on any atom is -0.361 e. The fourth-order valence-electron chi connectivity index (χ4n) is 3.62. The molecule has 2 atom stereocenters. The van der Waals surface area contributed by atoms with Crippen LogP contribution in [0.5, 0.6) is 0 Å². The summed E-state index contributed by atoms with van der Waals surface area (Å²) in [6.07, 6.45) is 2.80. The second-order valence-electron chi connectivity index (χ2n) is 9.19. The van der Waals surface area contributed by atoms with Gasteiger partial charge in [-0.1, -0.05) is 91.8 Å². The van der Waals surface area contributed by atoms with Crippen molar-refractivity contribution in [1.29, 1.82) is 0 Å². The topological polar surface area (TPSA) is 120 Å². The normalized spacial score (nSPS) is 12.8. The zero-order valence-corrected chi connectivity index (χ0v) is 27.1. The molecule has 0 aliphatic rings. The summed E-state index contributed by atoms with van der Waals surface area (Å²) in [4.78, 5) is 54.0. The van der Waals surface area contributed by atoms with E-state index in [4.69, 9.17) is 0 Å². The highest BCUT2D eigenvalue weighted by Gasteiger charge is 2.44. The maximum atomic E-state index is 13.2. The predicted octanol–water partition coefficient (Wildman–Crippen LogP) is 5.72. The van der Waals surface area contributed by atoms with E-state index in [2.05, 4.69) is 57.4 Å². The summed E-state index contributed by atoms with van der Waals surface area (Å²) in [6, 6.07) is 4.01. The van der Waals surface area contributed by atoms with E-state index in [1.807, 2.05) is 11.9 Å². The Balaban J connectivity index is 0.00000315. The Labute approximate surface area is 259 Å². The largest absolute Gasteiger partial charge is 0.452 e. The second kappa shape index (κ2) is 20.7. The molecule has 234 valence electrons. The van der Waals surface area contributed by atoms with E-state index >= 15 is 0 Å². The van der Waals surface area contributed by atoms with E-state index in [1.165, 1.54) is 12.6 Å².